The number of nitrogens with zero attached hydrogens (tertiary/aromatic N) is 2. The molecule has 0 spiro atoms. The molecule has 1 saturated carbocycles. The molecular weight excluding hydrogens is 294 g/mol. The summed E-state index contributed by atoms with van der Waals surface area (Å²) in [5.41, 5.74) is 0.935. The first-order chi connectivity index (χ1) is 11.0. The topological polar surface area (TPSA) is 73.5 Å². The van der Waals surface area contributed by atoms with E-state index in [1.165, 1.54) is 6.07 Å². The summed E-state index contributed by atoms with van der Waals surface area (Å²) < 4.78 is 0. The number of pyridine rings is 1. The number of H-pyrrole nitrogens is 1. The summed E-state index contributed by atoms with van der Waals surface area (Å²) in [7, 11) is 0. The van der Waals surface area contributed by atoms with Crippen molar-refractivity contribution in [3.8, 4) is 0 Å². The number of aromatic amines is 1. The van der Waals surface area contributed by atoms with Crippen molar-refractivity contribution in [3.63, 3.8) is 0 Å². The molecule has 1 aliphatic heterocycles. The molecule has 1 atom stereocenters. The Kier molecular flexibility index (Phi) is 4.24. The fraction of sp³-hybridized carbons (Fsp3) is 0.588. The summed E-state index contributed by atoms with van der Waals surface area (Å²) in [5.74, 6) is 0.0348. The van der Waals surface area contributed by atoms with Crippen LogP contribution in [0, 0.1) is 6.92 Å². The van der Waals surface area contributed by atoms with Gasteiger partial charge in [0.25, 0.3) is 5.91 Å². The molecule has 2 fully saturated rings. The van der Waals surface area contributed by atoms with Gasteiger partial charge in [-0.2, -0.15) is 0 Å². The number of hydrogen-bond acceptors (Lipinski definition) is 3. The highest BCUT2D eigenvalue weighted by Gasteiger charge is 2.37. The van der Waals surface area contributed by atoms with E-state index in [1.54, 1.807) is 19.9 Å². The van der Waals surface area contributed by atoms with Crippen LogP contribution in [0.1, 0.15) is 48.7 Å². The molecule has 23 heavy (non-hydrogen) atoms. The van der Waals surface area contributed by atoms with Gasteiger partial charge in [0.05, 0.1) is 5.56 Å². The Bertz CT molecular complexity index is 678. The van der Waals surface area contributed by atoms with Crippen molar-refractivity contribution >= 4 is 11.8 Å². The zero-order valence-electron chi connectivity index (χ0n) is 13.7. The Morgan fingerprint density at radius 2 is 2.04 bits per heavy atom. The van der Waals surface area contributed by atoms with E-state index >= 15 is 0 Å². The van der Waals surface area contributed by atoms with Gasteiger partial charge in [-0.05, 0) is 38.7 Å². The molecule has 1 saturated heterocycles. The second kappa shape index (κ2) is 6.18. The van der Waals surface area contributed by atoms with Crippen LogP contribution < -0.4 is 5.56 Å². The lowest BCUT2D eigenvalue weighted by Gasteiger charge is -2.30. The van der Waals surface area contributed by atoms with Crippen LogP contribution in [0.3, 0.4) is 0 Å². The maximum atomic E-state index is 12.8. The van der Waals surface area contributed by atoms with E-state index in [4.69, 9.17) is 0 Å². The average Bonchev–Trinajstić information content (AvgIpc) is 3.22. The van der Waals surface area contributed by atoms with Crippen LogP contribution in [0.5, 0.6) is 0 Å². The van der Waals surface area contributed by atoms with Crippen LogP contribution in [0.2, 0.25) is 0 Å². The first kappa shape index (κ1) is 15.8. The lowest BCUT2D eigenvalue weighted by molar-refractivity contribution is -0.130. The standard InChI is InChI=1S/C17H23N3O3/c1-11-15(7-8-16(22)18-11)17(23)19-9-3-4-14(19)10-20(12(2)21)13-5-6-13/h7-8,13-14H,3-6,9-10H2,1-2H3,(H,18,22)/t14-/m1/s1. The van der Waals surface area contributed by atoms with Crippen molar-refractivity contribution in [1.29, 1.82) is 0 Å². The van der Waals surface area contributed by atoms with Gasteiger partial charge >= 0.3 is 0 Å². The largest absolute Gasteiger partial charge is 0.338 e. The van der Waals surface area contributed by atoms with Crippen molar-refractivity contribution in [2.45, 2.75) is 51.6 Å². The molecule has 2 aliphatic rings. The zero-order chi connectivity index (χ0) is 16.6. The first-order valence-electron chi connectivity index (χ1n) is 8.25. The van der Waals surface area contributed by atoms with Crippen LogP contribution in [-0.4, -0.2) is 51.8 Å². The maximum Gasteiger partial charge on any atom is 0.255 e. The molecule has 1 aliphatic carbocycles. The minimum Gasteiger partial charge on any atom is -0.338 e. The molecular formula is C17H23N3O3. The summed E-state index contributed by atoms with van der Waals surface area (Å²) in [6.45, 7) is 4.67. The van der Waals surface area contributed by atoms with Crippen LogP contribution in [-0.2, 0) is 4.79 Å². The summed E-state index contributed by atoms with van der Waals surface area (Å²) in [6.07, 6.45) is 4.01. The Labute approximate surface area is 135 Å². The van der Waals surface area contributed by atoms with Crippen molar-refractivity contribution in [2.24, 2.45) is 0 Å². The molecule has 1 N–H and O–H groups in total. The summed E-state index contributed by atoms with van der Waals surface area (Å²) in [6, 6.07) is 3.41. The maximum absolute atomic E-state index is 12.8. The molecule has 2 amide bonds. The second-order valence-corrected chi connectivity index (χ2v) is 6.56. The third-order valence-electron chi connectivity index (χ3n) is 4.78. The molecule has 0 bridgehead atoms. The van der Waals surface area contributed by atoms with Gasteiger partial charge in [0.1, 0.15) is 0 Å². The zero-order valence-corrected chi connectivity index (χ0v) is 13.7. The summed E-state index contributed by atoms with van der Waals surface area (Å²) in [4.78, 5) is 42.4. The number of nitrogens with one attached hydrogen (secondary N) is 1. The number of rotatable bonds is 4. The number of hydrogen-bond donors (Lipinski definition) is 1. The molecule has 6 nitrogen and oxygen atoms in total. The van der Waals surface area contributed by atoms with Crippen LogP contribution in [0.15, 0.2) is 16.9 Å². The number of carbonyl (C=O) groups excluding carboxylic acids is 2. The number of carbonyl (C=O) groups is 2. The van der Waals surface area contributed by atoms with Gasteiger partial charge < -0.3 is 14.8 Å². The van der Waals surface area contributed by atoms with Gasteiger partial charge in [-0.15, -0.1) is 0 Å². The Morgan fingerprint density at radius 3 is 2.65 bits per heavy atom. The Hall–Kier alpha value is -2.11. The lowest BCUT2D eigenvalue weighted by atomic mass is 10.1. The fourth-order valence-electron chi connectivity index (χ4n) is 3.41. The predicted octanol–water partition coefficient (Wildman–Crippen LogP) is 1.30. The molecule has 0 radical (unpaired) electrons. The predicted molar refractivity (Wildman–Crippen MR) is 86.3 cm³/mol. The second-order valence-electron chi connectivity index (χ2n) is 6.56. The van der Waals surface area contributed by atoms with Crippen molar-refractivity contribution in [1.82, 2.24) is 14.8 Å². The molecule has 3 rings (SSSR count). The van der Waals surface area contributed by atoms with E-state index in [-0.39, 0.29) is 23.4 Å². The molecule has 0 aromatic carbocycles. The van der Waals surface area contributed by atoms with Gasteiger partial charge in [0, 0.05) is 43.9 Å². The molecule has 1 aromatic rings. The fourth-order valence-corrected chi connectivity index (χ4v) is 3.41. The summed E-state index contributed by atoms with van der Waals surface area (Å²) >= 11 is 0. The van der Waals surface area contributed by atoms with Crippen molar-refractivity contribution in [2.75, 3.05) is 13.1 Å². The molecule has 1 aromatic heterocycles. The van der Waals surface area contributed by atoms with Crippen LogP contribution in [0.4, 0.5) is 0 Å². The number of amides is 2. The smallest absolute Gasteiger partial charge is 0.255 e. The van der Waals surface area contributed by atoms with Crippen molar-refractivity contribution in [3.05, 3.63) is 33.7 Å². The highest BCUT2D eigenvalue weighted by Crippen LogP contribution is 2.29. The Balaban J connectivity index is 1.76. The molecule has 0 unspecified atom stereocenters. The number of aryl methyl sites for hydroxylation is 1. The first-order valence-corrected chi connectivity index (χ1v) is 8.25. The molecule has 2 heterocycles. The van der Waals surface area contributed by atoms with E-state index in [0.29, 0.717) is 30.4 Å². The number of aromatic nitrogens is 1. The highest BCUT2D eigenvalue weighted by atomic mass is 16.2. The van der Waals surface area contributed by atoms with Crippen LogP contribution in [0.25, 0.3) is 0 Å². The Morgan fingerprint density at radius 1 is 1.30 bits per heavy atom. The normalized spacial score (nSPS) is 20.6. The van der Waals surface area contributed by atoms with E-state index < -0.39 is 0 Å². The summed E-state index contributed by atoms with van der Waals surface area (Å²) in [5, 5.41) is 0. The third-order valence-corrected chi connectivity index (χ3v) is 4.78. The van der Waals surface area contributed by atoms with Gasteiger partial charge in [-0.25, -0.2) is 0 Å². The van der Waals surface area contributed by atoms with Gasteiger partial charge in [0.15, 0.2) is 0 Å². The third kappa shape index (κ3) is 3.30. The quantitative estimate of drug-likeness (QED) is 0.909. The molecule has 124 valence electrons. The van der Waals surface area contributed by atoms with Crippen LogP contribution >= 0.6 is 0 Å². The van der Waals surface area contributed by atoms with Gasteiger partial charge in [0.2, 0.25) is 11.5 Å². The lowest BCUT2D eigenvalue weighted by Crippen LogP contribution is -2.45. The minimum atomic E-state index is -0.200. The van der Waals surface area contributed by atoms with E-state index in [2.05, 4.69) is 4.98 Å². The SMILES string of the molecule is CC(=O)N(C[C@H]1CCCN1C(=O)c1ccc(=O)[nH]c1C)C1CC1. The van der Waals surface area contributed by atoms with Crippen molar-refractivity contribution < 1.29 is 9.59 Å². The van der Waals surface area contributed by atoms with E-state index in [1.807, 2.05) is 9.80 Å². The van der Waals surface area contributed by atoms with Gasteiger partial charge in [-0.1, -0.05) is 0 Å². The molecule has 6 heteroatoms. The van der Waals surface area contributed by atoms with E-state index in [9.17, 15) is 14.4 Å². The van der Waals surface area contributed by atoms with Gasteiger partial charge in [-0.3, -0.25) is 14.4 Å². The monoisotopic (exact) mass is 317 g/mol. The average molecular weight is 317 g/mol. The minimum absolute atomic E-state index is 0.0550. The van der Waals surface area contributed by atoms with E-state index in [0.717, 1.165) is 25.7 Å². The highest BCUT2D eigenvalue weighted by molar-refractivity contribution is 5.95. The number of likely N-dealkylation sites (tertiary alicyclic amines) is 1.